The van der Waals surface area contributed by atoms with Gasteiger partial charge in [0.1, 0.15) is 0 Å². The zero-order chi connectivity index (χ0) is 21.8. The first kappa shape index (κ1) is 20.5. The van der Waals surface area contributed by atoms with Crippen molar-refractivity contribution in [2.75, 3.05) is 19.6 Å². The van der Waals surface area contributed by atoms with Crippen molar-refractivity contribution >= 4 is 16.8 Å². The number of rotatable bonds is 3. The molecule has 1 aliphatic carbocycles. The first-order valence-electron chi connectivity index (χ1n) is 12.9. The molecule has 4 heteroatoms. The number of amides is 1. The van der Waals surface area contributed by atoms with E-state index in [4.69, 9.17) is 0 Å². The van der Waals surface area contributed by atoms with E-state index < -0.39 is 0 Å². The minimum atomic E-state index is 0.325. The maximum Gasteiger partial charge on any atom is 0.227 e. The number of para-hydroxylation sites is 1. The third-order valence-electron chi connectivity index (χ3n) is 8.70. The standard InChI is InChI=1S/C28H37N3O/c1-19(2)31-18-22(24-9-3-4-11-26(24)31)16-27(32)30-13-7-8-20-14-21-15-23(28(20)30)17-29-12-6-5-10-25(21)29/h3-4,9,11,14,18-19,21,23,25,28H,5-8,10,12-13,15-17H2,1-2H3/t21-,23+,25+,28+/m0/s1. The number of carbonyl (C=O) groups excluding carboxylic acids is 1. The summed E-state index contributed by atoms with van der Waals surface area (Å²) in [6.45, 7) is 7.81. The maximum atomic E-state index is 13.8. The second kappa shape index (κ2) is 8.06. The average Bonchev–Trinajstić information content (AvgIpc) is 3.17. The Kier molecular flexibility index (Phi) is 5.17. The molecule has 4 atom stereocenters. The summed E-state index contributed by atoms with van der Waals surface area (Å²) in [6, 6.07) is 10.1. The van der Waals surface area contributed by atoms with E-state index in [1.165, 1.54) is 61.7 Å². The average molecular weight is 432 g/mol. The largest absolute Gasteiger partial charge is 0.345 e. The van der Waals surface area contributed by atoms with Crippen LogP contribution >= 0.6 is 0 Å². The molecule has 2 aromatic rings. The highest BCUT2D eigenvalue weighted by atomic mass is 16.2. The molecule has 0 N–H and O–H groups in total. The summed E-state index contributed by atoms with van der Waals surface area (Å²) >= 11 is 0. The van der Waals surface area contributed by atoms with Crippen LogP contribution in [0.4, 0.5) is 0 Å². The molecule has 1 aromatic carbocycles. The molecule has 0 saturated carbocycles. The normalized spacial score (nSPS) is 30.2. The van der Waals surface area contributed by atoms with Gasteiger partial charge in [0.25, 0.3) is 0 Å². The molecule has 1 aromatic heterocycles. The fraction of sp³-hybridized carbons (Fsp3) is 0.607. The van der Waals surface area contributed by atoms with Gasteiger partial charge in [0, 0.05) is 42.3 Å². The van der Waals surface area contributed by atoms with E-state index >= 15 is 0 Å². The minimum Gasteiger partial charge on any atom is -0.345 e. The lowest BCUT2D eigenvalue weighted by atomic mass is 9.68. The minimum absolute atomic E-state index is 0.325. The van der Waals surface area contributed by atoms with Crippen LogP contribution in [0.25, 0.3) is 10.9 Å². The van der Waals surface area contributed by atoms with Crippen LogP contribution in [-0.2, 0) is 11.2 Å². The number of likely N-dealkylation sites (tertiary alicyclic amines) is 1. The highest BCUT2D eigenvalue weighted by molar-refractivity contribution is 5.89. The molecule has 170 valence electrons. The van der Waals surface area contributed by atoms with Crippen LogP contribution in [0.2, 0.25) is 0 Å². The molecular formula is C28H37N3O. The van der Waals surface area contributed by atoms with Gasteiger partial charge in [-0.3, -0.25) is 9.69 Å². The molecule has 0 spiro atoms. The molecular weight excluding hydrogens is 394 g/mol. The van der Waals surface area contributed by atoms with Crippen LogP contribution in [-0.4, -0.2) is 52.0 Å². The summed E-state index contributed by atoms with van der Waals surface area (Å²) < 4.78 is 2.32. The number of hydrogen-bond acceptors (Lipinski definition) is 2. The number of fused-ring (bicyclic) bond motifs is 7. The third-order valence-corrected chi connectivity index (χ3v) is 8.70. The number of benzene rings is 1. The summed E-state index contributed by atoms with van der Waals surface area (Å²) in [5, 5.41) is 1.24. The Morgan fingerprint density at radius 1 is 1.12 bits per heavy atom. The van der Waals surface area contributed by atoms with Crippen LogP contribution in [0.3, 0.4) is 0 Å². The Morgan fingerprint density at radius 2 is 2.00 bits per heavy atom. The Morgan fingerprint density at radius 3 is 2.88 bits per heavy atom. The third kappa shape index (κ3) is 3.34. The van der Waals surface area contributed by atoms with Crippen LogP contribution < -0.4 is 0 Å². The molecule has 3 aliphatic heterocycles. The Labute approximate surface area is 192 Å². The molecule has 1 amide bonds. The van der Waals surface area contributed by atoms with Gasteiger partial charge in [-0.1, -0.05) is 36.3 Å². The lowest BCUT2D eigenvalue weighted by molar-refractivity contribution is -0.135. The maximum absolute atomic E-state index is 13.8. The van der Waals surface area contributed by atoms with Gasteiger partial charge in [0.15, 0.2) is 0 Å². The number of piperidine rings is 3. The number of hydrogen-bond donors (Lipinski definition) is 0. The lowest BCUT2D eigenvalue weighted by Gasteiger charge is -2.54. The zero-order valence-electron chi connectivity index (χ0n) is 19.7. The fourth-order valence-corrected chi connectivity index (χ4v) is 7.36. The highest BCUT2D eigenvalue weighted by Gasteiger charge is 2.46. The molecule has 32 heavy (non-hydrogen) atoms. The van der Waals surface area contributed by atoms with E-state index in [-0.39, 0.29) is 0 Å². The van der Waals surface area contributed by atoms with E-state index in [2.05, 4.69) is 64.8 Å². The Bertz CT molecular complexity index is 1050. The summed E-state index contributed by atoms with van der Waals surface area (Å²) in [6.07, 6.45) is 13.1. The van der Waals surface area contributed by atoms with E-state index in [1.807, 2.05) is 0 Å². The van der Waals surface area contributed by atoms with E-state index in [0.29, 0.717) is 30.3 Å². The topological polar surface area (TPSA) is 28.5 Å². The van der Waals surface area contributed by atoms with Crippen molar-refractivity contribution < 1.29 is 4.79 Å². The van der Waals surface area contributed by atoms with Gasteiger partial charge in [-0.15, -0.1) is 0 Å². The molecule has 6 rings (SSSR count). The van der Waals surface area contributed by atoms with Gasteiger partial charge in [-0.2, -0.15) is 0 Å². The van der Waals surface area contributed by atoms with Gasteiger partial charge in [-0.05, 0) is 76.0 Å². The molecule has 4 aliphatic rings. The van der Waals surface area contributed by atoms with Gasteiger partial charge < -0.3 is 9.47 Å². The van der Waals surface area contributed by atoms with Crippen LogP contribution in [0, 0.1) is 11.8 Å². The van der Waals surface area contributed by atoms with E-state index in [9.17, 15) is 4.79 Å². The van der Waals surface area contributed by atoms with E-state index in [0.717, 1.165) is 24.9 Å². The van der Waals surface area contributed by atoms with E-state index in [1.54, 1.807) is 5.57 Å². The first-order valence-corrected chi connectivity index (χ1v) is 12.9. The quantitative estimate of drug-likeness (QED) is 0.626. The Balaban J connectivity index is 1.28. The summed E-state index contributed by atoms with van der Waals surface area (Å²) in [4.78, 5) is 18.8. The second-order valence-corrected chi connectivity index (χ2v) is 10.9. The van der Waals surface area contributed by atoms with Crippen molar-refractivity contribution in [3.05, 3.63) is 47.7 Å². The van der Waals surface area contributed by atoms with Gasteiger partial charge in [0.2, 0.25) is 5.91 Å². The van der Waals surface area contributed by atoms with Crippen LogP contribution in [0.1, 0.15) is 64.0 Å². The molecule has 3 fully saturated rings. The molecule has 4 heterocycles. The van der Waals surface area contributed by atoms with Gasteiger partial charge >= 0.3 is 0 Å². The predicted molar refractivity (Wildman–Crippen MR) is 130 cm³/mol. The number of nitrogens with zero attached hydrogens (tertiary/aromatic N) is 3. The van der Waals surface area contributed by atoms with Crippen LogP contribution in [0.15, 0.2) is 42.1 Å². The smallest absolute Gasteiger partial charge is 0.227 e. The van der Waals surface area contributed by atoms with Crippen molar-refractivity contribution in [1.82, 2.24) is 14.4 Å². The van der Waals surface area contributed by atoms with Gasteiger partial charge in [-0.25, -0.2) is 0 Å². The molecule has 0 unspecified atom stereocenters. The highest BCUT2D eigenvalue weighted by Crippen LogP contribution is 2.45. The summed E-state index contributed by atoms with van der Waals surface area (Å²) in [7, 11) is 0. The lowest BCUT2D eigenvalue weighted by Crippen LogP contribution is -2.60. The monoisotopic (exact) mass is 431 g/mol. The van der Waals surface area contributed by atoms with Crippen molar-refractivity contribution in [3.63, 3.8) is 0 Å². The molecule has 2 bridgehead atoms. The van der Waals surface area contributed by atoms with Crippen molar-refractivity contribution in [1.29, 1.82) is 0 Å². The number of aromatic nitrogens is 1. The SMILES string of the molecule is CC(C)n1cc(CC(=O)N2CCCC3=C[C@H]4C[C@H](CN5CCCC[C@H]45)[C@@H]32)c2ccccc21. The zero-order valence-corrected chi connectivity index (χ0v) is 19.7. The molecule has 0 radical (unpaired) electrons. The Hall–Kier alpha value is -2.07. The predicted octanol–water partition coefficient (Wildman–Crippen LogP) is 5.19. The molecule has 3 saturated heterocycles. The summed E-state index contributed by atoms with van der Waals surface area (Å²) in [5.74, 6) is 1.67. The van der Waals surface area contributed by atoms with Crippen molar-refractivity contribution in [3.8, 4) is 0 Å². The first-order chi connectivity index (χ1) is 15.6. The van der Waals surface area contributed by atoms with Crippen molar-refractivity contribution in [2.24, 2.45) is 11.8 Å². The molecule has 4 nitrogen and oxygen atoms in total. The fourth-order valence-electron chi connectivity index (χ4n) is 7.36. The second-order valence-electron chi connectivity index (χ2n) is 10.9. The van der Waals surface area contributed by atoms with Crippen molar-refractivity contribution in [2.45, 2.75) is 76.9 Å². The number of carbonyl (C=O) groups is 1. The van der Waals surface area contributed by atoms with Crippen LogP contribution in [0.5, 0.6) is 0 Å². The van der Waals surface area contributed by atoms with Gasteiger partial charge in [0.05, 0.1) is 12.5 Å². The summed E-state index contributed by atoms with van der Waals surface area (Å²) in [5.41, 5.74) is 4.01.